The summed E-state index contributed by atoms with van der Waals surface area (Å²) in [5.41, 5.74) is 2.92. The van der Waals surface area contributed by atoms with E-state index in [9.17, 15) is 4.79 Å². The molecule has 0 saturated heterocycles. The number of pyridine rings is 1. The number of hydrogen-bond donors (Lipinski definition) is 0. The molecule has 0 aliphatic rings. The van der Waals surface area contributed by atoms with E-state index >= 15 is 0 Å². The molecule has 24 heavy (non-hydrogen) atoms. The summed E-state index contributed by atoms with van der Waals surface area (Å²) in [6, 6.07) is 13.4. The van der Waals surface area contributed by atoms with E-state index < -0.39 is 5.97 Å². The summed E-state index contributed by atoms with van der Waals surface area (Å²) < 4.78 is 10.6. The van der Waals surface area contributed by atoms with Crippen LogP contribution in [0.25, 0.3) is 11.3 Å². The molecule has 0 N–H and O–H groups in total. The summed E-state index contributed by atoms with van der Waals surface area (Å²) in [6.45, 7) is 2.06. The van der Waals surface area contributed by atoms with Crippen molar-refractivity contribution in [1.29, 1.82) is 0 Å². The maximum atomic E-state index is 12.4. The molecule has 0 aliphatic carbocycles. The molecule has 0 bridgehead atoms. The van der Waals surface area contributed by atoms with Crippen LogP contribution in [0.1, 0.15) is 28.1 Å². The number of nitrogens with zero attached hydrogens (tertiary/aromatic N) is 2. The van der Waals surface area contributed by atoms with Gasteiger partial charge in [-0.05, 0) is 37.5 Å². The van der Waals surface area contributed by atoms with Gasteiger partial charge in [-0.1, -0.05) is 35.5 Å². The first-order valence-corrected chi connectivity index (χ1v) is 7.83. The van der Waals surface area contributed by atoms with Crippen LogP contribution in [0.2, 0.25) is 0 Å². The summed E-state index contributed by atoms with van der Waals surface area (Å²) in [4.78, 5) is 16.4. The Bertz CT molecular complexity index is 798. The van der Waals surface area contributed by atoms with Gasteiger partial charge in [0.25, 0.3) is 0 Å². The molecule has 0 aliphatic heterocycles. The zero-order valence-corrected chi connectivity index (χ0v) is 13.4. The molecular formula is C19H18N2O3. The third-order valence-corrected chi connectivity index (χ3v) is 3.71. The monoisotopic (exact) mass is 322 g/mol. The van der Waals surface area contributed by atoms with Crippen molar-refractivity contribution in [2.45, 2.75) is 19.8 Å². The van der Waals surface area contributed by atoms with Gasteiger partial charge in [-0.3, -0.25) is 4.98 Å². The summed E-state index contributed by atoms with van der Waals surface area (Å²) in [6.07, 6.45) is 5.10. The second-order valence-corrected chi connectivity index (χ2v) is 5.42. The van der Waals surface area contributed by atoms with Crippen molar-refractivity contribution in [3.63, 3.8) is 0 Å². The molecule has 2 heterocycles. The van der Waals surface area contributed by atoms with E-state index in [2.05, 4.69) is 10.1 Å². The molecule has 0 fully saturated rings. The molecule has 122 valence electrons. The third-order valence-electron chi connectivity index (χ3n) is 3.71. The largest absolute Gasteiger partial charge is 0.462 e. The van der Waals surface area contributed by atoms with Crippen molar-refractivity contribution in [2.75, 3.05) is 6.61 Å². The van der Waals surface area contributed by atoms with Crippen LogP contribution in [-0.4, -0.2) is 22.7 Å². The summed E-state index contributed by atoms with van der Waals surface area (Å²) >= 11 is 0. The maximum Gasteiger partial charge on any atom is 0.344 e. The van der Waals surface area contributed by atoms with Gasteiger partial charge < -0.3 is 9.26 Å². The first-order chi connectivity index (χ1) is 11.8. The van der Waals surface area contributed by atoms with E-state index in [0.29, 0.717) is 23.6 Å². The maximum absolute atomic E-state index is 12.4. The minimum Gasteiger partial charge on any atom is -0.462 e. The molecule has 3 aromatic rings. The van der Waals surface area contributed by atoms with E-state index in [1.165, 1.54) is 5.56 Å². The fraction of sp³-hybridized carbons (Fsp3) is 0.211. The Hall–Kier alpha value is -2.95. The molecule has 3 rings (SSSR count). The SMILES string of the molecule is Cc1onc(-c2ccccc2)c1C(=O)OCCCc1ccncc1. The highest BCUT2D eigenvalue weighted by molar-refractivity contribution is 5.97. The summed E-state index contributed by atoms with van der Waals surface area (Å²) in [7, 11) is 0. The number of ether oxygens (including phenoxy) is 1. The van der Waals surface area contributed by atoms with Crippen LogP contribution in [-0.2, 0) is 11.2 Å². The van der Waals surface area contributed by atoms with Gasteiger partial charge in [-0.25, -0.2) is 4.79 Å². The van der Waals surface area contributed by atoms with Crippen molar-refractivity contribution in [3.05, 3.63) is 71.7 Å². The average molecular weight is 322 g/mol. The molecule has 0 saturated carbocycles. The van der Waals surface area contributed by atoms with Gasteiger partial charge in [-0.2, -0.15) is 0 Å². The first-order valence-electron chi connectivity index (χ1n) is 7.83. The van der Waals surface area contributed by atoms with E-state index in [1.54, 1.807) is 19.3 Å². The number of hydrogen-bond acceptors (Lipinski definition) is 5. The van der Waals surface area contributed by atoms with Gasteiger partial charge in [0, 0.05) is 18.0 Å². The van der Waals surface area contributed by atoms with Crippen molar-refractivity contribution in [3.8, 4) is 11.3 Å². The number of rotatable bonds is 6. The molecule has 0 spiro atoms. The number of aryl methyl sites for hydroxylation is 2. The fourth-order valence-corrected chi connectivity index (χ4v) is 2.47. The van der Waals surface area contributed by atoms with Gasteiger partial charge in [0.2, 0.25) is 0 Å². The Morgan fingerprint density at radius 1 is 1.12 bits per heavy atom. The predicted octanol–water partition coefficient (Wildman–Crippen LogP) is 3.83. The van der Waals surface area contributed by atoms with Crippen LogP contribution in [0.3, 0.4) is 0 Å². The molecule has 1 aromatic carbocycles. The van der Waals surface area contributed by atoms with Gasteiger partial charge in [0.1, 0.15) is 17.0 Å². The van der Waals surface area contributed by atoms with Crippen LogP contribution in [0.15, 0.2) is 59.4 Å². The molecule has 0 radical (unpaired) electrons. The van der Waals surface area contributed by atoms with E-state index in [0.717, 1.165) is 18.4 Å². The van der Waals surface area contributed by atoms with E-state index in [-0.39, 0.29) is 0 Å². The summed E-state index contributed by atoms with van der Waals surface area (Å²) in [5.74, 6) is 0.0651. The Kier molecular flexibility index (Phi) is 5.01. The molecule has 5 nitrogen and oxygen atoms in total. The highest BCUT2D eigenvalue weighted by Gasteiger charge is 2.22. The number of carbonyl (C=O) groups is 1. The van der Waals surface area contributed by atoms with Gasteiger partial charge >= 0.3 is 5.97 Å². The molecule has 2 aromatic heterocycles. The third kappa shape index (κ3) is 3.68. The van der Waals surface area contributed by atoms with E-state index in [1.807, 2.05) is 42.5 Å². The first kappa shape index (κ1) is 15.9. The smallest absolute Gasteiger partial charge is 0.344 e. The lowest BCUT2D eigenvalue weighted by Crippen LogP contribution is -2.09. The molecular weight excluding hydrogens is 304 g/mol. The van der Waals surface area contributed by atoms with Crippen LogP contribution in [0.5, 0.6) is 0 Å². The summed E-state index contributed by atoms with van der Waals surface area (Å²) in [5, 5.41) is 4.00. The quantitative estimate of drug-likeness (QED) is 0.509. The lowest BCUT2D eigenvalue weighted by Gasteiger charge is -2.05. The lowest BCUT2D eigenvalue weighted by atomic mass is 10.1. The zero-order chi connectivity index (χ0) is 16.8. The highest BCUT2D eigenvalue weighted by Crippen LogP contribution is 2.25. The normalized spacial score (nSPS) is 10.5. The van der Waals surface area contributed by atoms with Crippen molar-refractivity contribution >= 4 is 5.97 Å². The number of esters is 1. The lowest BCUT2D eigenvalue weighted by molar-refractivity contribution is 0.0499. The molecule has 0 amide bonds. The van der Waals surface area contributed by atoms with Gasteiger partial charge in [0.05, 0.1) is 6.61 Å². The minimum absolute atomic E-state index is 0.347. The zero-order valence-electron chi connectivity index (χ0n) is 13.4. The van der Waals surface area contributed by atoms with E-state index in [4.69, 9.17) is 9.26 Å². The Labute approximate surface area is 140 Å². The van der Waals surface area contributed by atoms with Crippen LogP contribution in [0.4, 0.5) is 0 Å². The Morgan fingerprint density at radius 3 is 2.62 bits per heavy atom. The average Bonchev–Trinajstić information content (AvgIpc) is 3.02. The number of carbonyl (C=O) groups excluding carboxylic acids is 1. The highest BCUT2D eigenvalue weighted by atomic mass is 16.5. The number of aromatic nitrogens is 2. The predicted molar refractivity (Wildman–Crippen MR) is 89.5 cm³/mol. The molecule has 0 unspecified atom stereocenters. The van der Waals surface area contributed by atoms with Crippen molar-refractivity contribution < 1.29 is 14.1 Å². The topological polar surface area (TPSA) is 65.2 Å². The van der Waals surface area contributed by atoms with Crippen LogP contribution in [0, 0.1) is 6.92 Å². The van der Waals surface area contributed by atoms with Crippen molar-refractivity contribution in [2.24, 2.45) is 0 Å². The Balaban J connectivity index is 1.62. The number of benzene rings is 1. The second-order valence-electron chi connectivity index (χ2n) is 5.42. The minimum atomic E-state index is -0.401. The molecule has 5 heteroatoms. The van der Waals surface area contributed by atoms with Crippen LogP contribution >= 0.6 is 0 Å². The molecule has 0 atom stereocenters. The fourth-order valence-electron chi connectivity index (χ4n) is 2.47. The van der Waals surface area contributed by atoms with Crippen LogP contribution < -0.4 is 0 Å². The van der Waals surface area contributed by atoms with Gasteiger partial charge in [-0.15, -0.1) is 0 Å². The Morgan fingerprint density at radius 2 is 1.88 bits per heavy atom. The van der Waals surface area contributed by atoms with Crippen molar-refractivity contribution in [1.82, 2.24) is 10.1 Å². The second kappa shape index (κ2) is 7.55. The van der Waals surface area contributed by atoms with Gasteiger partial charge in [0.15, 0.2) is 0 Å². The standard InChI is InChI=1S/C19H18N2O3/c1-14-17(18(21-24-14)16-7-3-2-4-8-16)19(22)23-13-5-6-15-9-11-20-12-10-15/h2-4,7-12H,5-6,13H2,1H3.